The average molecular weight is 606 g/mol. The van der Waals surface area contributed by atoms with E-state index in [1.807, 2.05) is 5.32 Å². The van der Waals surface area contributed by atoms with Crippen LogP contribution in [0.15, 0.2) is 30.3 Å². The number of alkyl carbamates (subject to hydrolysis) is 1. The van der Waals surface area contributed by atoms with Crippen molar-refractivity contribution in [1.29, 1.82) is 0 Å². The molecule has 7 atom stereocenters. The number of carboxylic acid groups (broad SMARTS) is 1. The van der Waals surface area contributed by atoms with Crippen LogP contribution in [0, 0.1) is 0 Å². The number of carbonyl (C=O) groups excluding carboxylic acids is 3. The van der Waals surface area contributed by atoms with Crippen molar-refractivity contribution >= 4 is 23.9 Å². The molecule has 1 heterocycles. The summed E-state index contributed by atoms with van der Waals surface area (Å²) in [7, 11) is 0. The topological polar surface area (TPSA) is 224 Å². The fraction of sp³-hybridized carbons (Fsp3) is 0.615. The highest BCUT2D eigenvalue weighted by molar-refractivity contribution is 5.89. The Kier molecular flexibility index (Phi) is 12.5. The van der Waals surface area contributed by atoms with Crippen LogP contribution < -0.4 is 16.0 Å². The smallest absolute Gasteiger partial charge is 0.408 e. The van der Waals surface area contributed by atoms with E-state index in [1.165, 1.54) is 6.92 Å². The Labute approximate surface area is 240 Å². The number of alkyl halides is 2. The van der Waals surface area contributed by atoms with E-state index in [0.717, 1.165) is 0 Å². The average Bonchev–Trinajstić information content (AvgIpc) is 2.96. The third-order valence-corrected chi connectivity index (χ3v) is 6.86. The molecular weight excluding hydrogens is 568 g/mol. The van der Waals surface area contributed by atoms with E-state index in [4.69, 9.17) is 14.6 Å². The van der Waals surface area contributed by atoms with Crippen molar-refractivity contribution in [3.63, 3.8) is 0 Å². The van der Waals surface area contributed by atoms with Gasteiger partial charge in [0.05, 0.1) is 6.61 Å². The van der Waals surface area contributed by atoms with Crippen molar-refractivity contribution in [3.8, 4) is 0 Å². The highest BCUT2D eigenvalue weighted by Gasteiger charge is 2.66. The molecule has 236 valence electrons. The summed E-state index contributed by atoms with van der Waals surface area (Å²) < 4.78 is 40.2. The van der Waals surface area contributed by atoms with Crippen molar-refractivity contribution in [2.75, 3.05) is 13.2 Å². The van der Waals surface area contributed by atoms with E-state index in [0.29, 0.717) is 12.5 Å². The Morgan fingerprint density at radius 1 is 1.07 bits per heavy atom. The Morgan fingerprint density at radius 3 is 2.31 bits per heavy atom. The molecule has 16 heteroatoms. The molecule has 0 bridgehead atoms. The largest absolute Gasteiger partial charge is 0.480 e. The Hall–Kier alpha value is -3.44. The van der Waals surface area contributed by atoms with E-state index in [2.05, 4.69) is 10.6 Å². The Morgan fingerprint density at radius 2 is 1.71 bits per heavy atom. The minimum absolute atomic E-state index is 0.0293. The minimum atomic E-state index is -4.42. The van der Waals surface area contributed by atoms with Crippen molar-refractivity contribution in [3.05, 3.63) is 35.9 Å². The molecule has 1 aromatic carbocycles. The molecule has 0 aliphatic carbocycles. The van der Waals surface area contributed by atoms with Gasteiger partial charge in [-0.25, -0.2) is 4.79 Å². The summed E-state index contributed by atoms with van der Waals surface area (Å²) >= 11 is 0. The first kappa shape index (κ1) is 34.8. The van der Waals surface area contributed by atoms with E-state index in [1.54, 1.807) is 30.3 Å². The van der Waals surface area contributed by atoms with Crippen LogP contribution in [-0.2, 0) is 30.5 Å². The molecule has 8 N–H and O–H groups in total. The zero-order valence-electron chi connectivity index (χ0n) is 23.0. The Balaban J connectivity index is 1.95. The lowest BCUT2D eigenvalue weighted by atomic mass is 9.81. The third kappa shape index (κ3) is 8.54. The van der Waals surface area contributed by atoms with E-state index >= 15 is 8.78 Å². The first-order chi connectivity index (χ1) is 19.6. The van der Waals surface area contributed by atoms with Crippen LogP contribution >= 0.6 is 0 Å². The van der Waals surface area contributed by atoms with E-state index in [9.17, 15) is 39.6 Å². The van der Waals surface area contributed by atoms with E-state index in [-0.39, 0.29) is 32.4 Å². The molecule has 0 spiro atoms. The molecular formula is C26H37F2N3O11. The van der Waals surface area contributed by atoms with Gasteiger partial charge in [-0.3, -0.25) is 14.4 Å². The monoisotopic (exact) mass is 605 g/mol. The lowest BCUT2D eigenvalue weighted by Gasteiger charge is -2.49. The molecule has 2 rings (SSSR count). The summed E-state index contributed by atoms with van der Waals surface area (Å²) in [6, 6.07) is 6.14. The van der Waals surface area contributed by atoms with Gasteiger partial charge in [0.1, 0.15) is 43.1 Å². The van der Waals surface area contributed by atoms with Crippen LogP contribution in [0.1, 0.15) is 38.7 Å². The molecule has 1 aliphatic heterocycles. The SMILES string of the molecule is C[C@H](NC(=O)[C@H](CCCCNC(=O)C(F)(F)[C@]1(C)O[C@H](CO)[C@H](O)[C@H](O)[C@H]1O)NC(=O)OCc1ccccc1)C(=O)O. The van der Waals surface area contributed by atoms with Gasteiger partial charge < -0.3 is 51.0 Å². The predicted molar refractivity (Wildman–Crippen MR) is 139 cm³/mol. The van der Waals surface area contributed by atoms with Gasteiger partial charge in [-0.05, 0) is 38.7 Å². The maximum Gasteiger partial charge on any atom is 0.408 e. The first-order valence-corrected chi connectivity index (χ1v) is 13.1. The number of unbranched alkanes of at least 4 members (excludes halogenated alkanes) is 1. The summed E-state index contributed by atoms with van der Waals surface area (Å²) in [4.78, 5) is 48.4. The van der Waals surface area contributed by atoms with Crippen LogP contribution in [0.3, 0.4) is 0 Å². The molecule has 42 heavy (non-hydrogen) atoms. The summed E-state index contributed by atoms with van der Waals surface area (Å²) in [6.45, 7) is 0.480. The standard InChI is InChI=1S/C26H37F2N3O11/c1-14(22(37)38)30-21(36)16(31-24(40)41-13-15-8-4-3-5-9-15)10-6-7-11-29-23(39)26(27,28)25(2)20(35)19(34)18(33)17(12-32)42-25/h3-5,8-9,14,16-20,32-35H,6-7,10-13H2,1-2H3,(H,29,39)(H,30,36)(H,31,40)(H,37,38)/t14-,16-,17+,18-,19-,20+,25+/m0/s1. The third-order valence-electron chi connectivity index (χ3n) is 6.86. The number of benzene rings is 1. The number of aliphatic hydroxyl groups excluding tert-OH is 4. The van der Waals surface area contributed by atoms with Crippen molar-refractivity contribution in [2.45, 2.75) is 87.7 Å². The normalized spacial score (nSPS) is 25.5. The minimum Gasteiger partial charge on any atom is -0.480 e. The van der Waals surface area contributed by atoms with Crippen LogP contribution in [0.25, 0.3) is 0 Å². The number of aliphatic carboxylic acids is 1. The second-order valence-corrected chi connectivity index (χ2v) is 10.0. The maximum absolute atomic E-state index is 15.1. The van der Waals surface area contributed by atoms with Gasteiger partial charge in [0.2, 0.25) is 5.91 Å². The summed E-state index contributed by atoms with van der Waals surface area (Å²) in [6.07, 6.45) is -8.97. The number of ether oxygens (including phenoxy) is 2. The van der Waals surface area contributed by atoms with Crippen molar-refractivity contribution in [2.24, 2.45) is 0 Å². The van der Waals surface area contributed by atoms with E-state index < -0.39 is 78.5 Å². The maximum atomic E-state index is 15.1. The molecule has 1 aliphatic rings. The lowest BCUT2D eigenvalue weighted by molar-refractivity contribution is -0.319. The highest BCUT2D eigenvalue weighted by Crippen LogP contribution is 2.41. The van der Waals surface area contributed by atoms with Crippen molar-refractivity contribution in [1.82, 2.24) is 16.0 Å². The van der Waals surface area contributed by atoms with Crippen LogP contribution in [-0.4, -0.2) is 111 Å². The van der Waals surface area contributed by atoms with Gasteiger partial charge >= 0.3 is 18.0 Å². The van der Waals surface area contributed by atoms with Crippen LogP contribution in [0.4, 0.5) is 13.6 Å². The number of rotatable bonds is 14. The molecule has 0 aromatic heterocycles. The number of hydrogen-bond acceptors (Lipinski definition) is 10. The number of hydrogen-bond donors (Lipinski definition) is 8. The van der Waals surface area contributed by atoms with Gasteiger partial charge in [-0.15, -0.1) is 0 Å². The van der Waals surface area contributed by atoms with Crippen molar-refractivity contribution < 1.29 is 63.0 Å². The number of aliphatic hydroxyl groups is 4. The molecule has 0 saturated carbocycles. The zero-order chi connectivity index (χ0) is 31.7. The zero-order valence-corrected chi connectivity index (χ0v) is 23.0. The molecule has 1 fully saturated rings. The lowest BCUT2D eigenvalue weighted by Crippen LogP contribution is -2.72. The predicted octanol–water partition coefficient (Wildman–Crippen LogP) is -0.975. The fourth-order valence-electron chi connectivity index (χ4n) is 4.15. The highest BCUT2D eigenvalue weighted by atomic mass is 19.3. The number of nitrogens with one attached hydrogen (secondary N) is 3. The van der Waals surface area contributed by atoms with Gasteiger partial charge in [-0.1, -0.05) is 30.3 Å². The van der Waals surface area contributed by atoms with Gasteiger partial charge in [0.15, 0.2) is 5.60 Å². The van der Waals surface area contributed by atoms with Gasteiger partial charge in [-0.2, -0.15) is 8.78 Å². The summed E-state index contributed by atoms with van der Waals surface area (Å²) in [5.74, 6) is -8.42. The molecule has 1 aromatic rings. The van der Waals surface area contributed by atoms with Crippen LogP contribution in [0.2, 0.25) is 0 Å². The number of carboxylic acids is 1. The second kappa shape index (κ2) is 15.2. The second-order valence-electron chi connectivity index (χ2n) is 10.0. The number of carbonyl (C=O) groups is 4. The number of amides is 3. The molecule has 14 nitrogen and oxygen atoms in total. The summed E-state index contributed by atoms with van der Waals surface area (Å²) in [5, 5.41) is 54.8. The van der Waals surface area contributed by atoms with Gasteiger partial charge in [0, 0.05) is 6.54 Å². The molecule has 3 amide bonds. The quantitative estimate of drug-likeness (QED) is 0.120. The number of halogens is 2. The van der Waals surface area contributed by atoms with Crippen LogP contribution in [0.5, 0.6) is 0 Å². The molecule has 1 saturated heterocycles. The summed E-state index contributed by atoms with van der Waals surface area (Å²) in [5.41, 5.74) is -2.31. The van der Waals surface area contributed by atoms with Gasteiger partial charge in [0.25, 0.3) is 5.91 Å². The molecule has 0 unspecified atom stereocenters. The first-order valence-electron chi connectivity index (χ1n) is 13.1. The fourth-order valence-corrected chi connectivity index (χ4v) is 4.15. The Bertz CT molecular complexity index is 1080. The molecule has 0 radical (unpaired) electrons.